The molecule has 1 heterocycles. The minimum atomic E-state index is 0.426. The summed E-state index contributed by atoms with van der Waals surface area (Å²) in [6.45, 7) is 7.96. The molecular formula is C13H24N2O. The zero-order valence-electron chi connectivity index (χ0n) is 10.9. The maximum Gasteiger partial charge on any atom is 0.118 e. The monoisotopic (exact) mass is 224 g/mol. The van der Waals surface area contributed by atoms with E-state index >= 15 is 0 Å². The van der Waals surface area contributed by atoms with E-state index in [4.69, 9.17) is 10.2 Å². The van der Waals surface area contributed by atoms with Crippen LogP contribution in [0.2, 0.25) is 0 Å². The third-order valence-electron chi connectivity index (χ3n) is 3.31. The van der Waals surface area contributed by atoms with E-state index in [1.807, 2.05) is 19.1 Å². The summed E-state index contributed by atoms with van der Waals surface area (Å²) < 4.78 is 5.58. The predicted octanol–water partition coefficient (Wildman–Crippen LogP) is 2.39. The number of nitrogens with zero attached hydrogens (tertiary/aromatic N) is 1. The van der Waals surface area contributed by atoms with E-state index in [0.29, 0.717) is 18.5 Å². The van der Waals surface area contributed by atoms with Crippen LogP contribution in [0.5, 0.6) is 0 Å². The molecule has 1 rings (SSSR count). The molecule has 92 valence electrons. The van der Waals surface area contributed by atoms with Crippen molar-refractivity contribution in [2.45, 2.75) is 39.8 Å². The van der Waals surface area contributed by atoms with Gasteiger partial charge in [-0.2, -0.15) is 0 Å². The topological polar surface area (TPSA) is 42.4 Å². The first-order valence-electron chi connectivity index (χ1n) is 6.04. The lowest BCUT2D eigenvalue weighted by Crippen LogP contribution is -2.41. The Bertz CT molecular complexity index is 309. The van der Waals surface area contributed by atoms with Crippen LogP contribution < -0.4 is 5.73 Å². The average molecular weight is 224 g/mol. The van der Waals surface area contributed by atoms with Gasteiger partial charge in [-0.15, -0.1) is 0 Å². The van der Waals surface area contributed by atoms with Crippen molar-refractivity contribution in [3.05, 3.63) is 23.7 Å². The summed E-state index contributed by atoms with van der Waals surface area (Å²) in [5.74, 6) is 2.60. The van der Waals surface area contributed by atoms with Gasteiger partial charge in [0, 0.05) is 12.6 Å². The maximum absolute atomic E-state index is 5.84. The number of hydrogen-bond donors (Lipinski definition) is 1. The third-order valence-corrected chi connectivity index (χ3v) is 3.31. The third kappa shape index (κ3) is 3.35. The minimum absolute atomic E-state index is 0.426. The number of aryl methyl sites for hydroxylation is 1. The smallest absolute Gasteiger partial charge is 0.118 e. The maximum atomic E-state index is 5.84. The van der Waals surface area contributed by atoms with Gasteiger partial charge in [-0.05, 0) is 32.0 Å². The van der Waals surface area contributed by atoms with E-state index in [1.54, 1.807) is 0 Å². The van der Waals surface area contributed by atoms with Crippen molar-refractivity contribution in [3.8, 4) is 0 Å². The normalized spacial score (nSPS) is 15.4. The average Bonchev–Trinajstić information content (AvgIpc) is 2.64. The molecule has 3 nitrogen and oxygen atoms in total. The van der Waals surface area contributed by atoms with Crippen LogP contribution in [0.4, 0.5) is 0 Å². The van der Waals surface area contributed by atoms with E-state index in [2.05, 4.69) is 25.8 Å². The quantitative estimate of drug-likeness (QED) is 0.806. The van der Waals surface area contributed by atoms with E-state index in [9.17, 15) is 0 Å². The Labute approximate surface area is 98.6 Å². The van der Waals surface area contributed by atoms with Crippen molar-refractivity contribution < 1.29 is 4.42 Å². The molecule has 2 N–H and O–H groups in total. The fourth-order valence-electron chi connectivity index (χ4n) is 2.05. The highest BCUT2D eigenvalue weighted by molar-refractivity contribution is 5.05. The molecule has 0 radical (unpaired) electrons. The summed E-state index contributed by atoms with van der Waals surface area (Å²) in [7, 11) is 2.11. The molecule has 0 bridgehead atoms. The fourth-order valence-corrected chi connectivity index (χ4v) is 2.05. The van der Waals surface area contributed by atoms with E-state index in [-0.39, 0.29) is 0 Å². The van der Waals surface area contributed by atoms with Crippen molar-refractivity contribution in [2.24, 2.45) is 11.7 Å². The highest BCUT2D eigenvalue weighted by Gasteiger charge is 2.19. The molecule has 0 spiro atoms. The van der Waals surface area contributed by atoms with Gasteiger partial charge in [0.25, 0.3) is 0 Å². The lowest BCUT2D eigenvalue weighted by molar-refractivity contribution is 0.166. The number of likely N-dealkylation sites (N-methyl/N-ethyl adjacent to an activating group) is 1. The van der Waals surface area contributed by atoms with Crippen LogP contribution in [0, 0.1) is 12.8 Å². The van der Waals surface area contributed by atoms with E-state index in [1.165, 1.54) is 0 Å². The molecule has 2 atom stereocenters. The van der Waals surface area contributed by atoms with Crippen molar-refractivity contribution >= 4 is 0 Å². The fraction of sp³-hybridized carbons (Fsp3) is 0.692. The molecule has 0 saturated heterocycles. The first kappa shape index (κ1) is 13.3. The van der Waals surface area contributed by atoms with Gasteiger partial charge in [0.2, 0.25) is 0 Å². The van der Waals surface area contributed by atoms with E-state index < -0.39 is 0 Å². The van der Waals surface area contributed by atoms with Gasteiger partial charge < -0.3 is 10.2 Å². The van der Waals surface area contributed by atoms with Crippen LogP contribution >= 0.6 is 0 Å². The Kier molecular flexibility index (Phi) is 5.03. The van der Waals surface area contributed by atoms with Crippen LogP contribution in [0.3, 0.4) is 0 Å². The highest BCUT2D eigenvalue weighted by Crippen LogP contribution is 2.16. The van der Waals surface area contributed by atoms with Gasteiger partial charge >= 0.3 is 0 Å². The van der Waals surface area contributed by atoms with Gasteiger partial charge in [-0.25, -0.2) is 0 Å². The largest absolute Gasteiger partial charge is 0.465 e. The summed E-state index contributed by atoms with van der Waals surface area (Å²) in [6.07, 6.45) is 1.16. The van der Waals surface area contributed by atoms with Crippen molar-refractivity contribution in [1.82, 2.24) is 4.90 Å². The minimum Gasteiger partial charge on any atom is -0.465 e. The number of rotatable bonds is 6. The Hall–Kier alpha value is -0.800. The van der Waals surface area contributed by atoms with Crippen molar-refractivity contribution in [3.63, 3.8) is 0 Å². The van der Waals surface area contributed by atoms with Crippen LogP contribution in [-0.2, 0) is 6.54 Å². The van der Waals surface area contributed by atoms with Crippen LogP contribution in [0.15, 0.2) is 16.5 Å². The van der Waals surface area contributed by atoms with E-state index in [0.717, 1.165) is 24.5 Å². The Morgan fingerprint density at radius 1 is 1.44 bits per heavy atom. The summed E-state index contributed by atoms with van der Waals surface area (Å²) in [4.78, 5) is 2.28. The molecule has 0 aliphatic rings. The molecule has 0 saturated carbocycles. The van der Waals surface area contributed by atoms with Gasteiger partial charge in [-0.3, -0.25) is 4.90 Å². The van der Waals surface area contributed by atoms with Crippen LogP contribution in [0.25, 0.3) is 0 Å². The Morgan fingerprint density at radius 2 is 2.12 bits per heavy atom. The second-order valence-electron chi connectivity index (χ2n) is 4.62. The molecule has 0 aliphatic carbocycles. The molecule has 2 unspecified atom stereocenters. The molecule has 3 heteroatoms. The Balaban J connectivity index is 2.58. The standard InChI is InChI=1S/C13H24N2O/c1-5-10(2)13(8-14)15(4)9-12-7-6-11(3)16-12/h6-7,10,13H,5,8-9,14H2,1-4H3. The van der Waals surface area contributed by atoms with Crippen LogP contribution in [-0.4, -0.2) is 24.5 Å². The van der Waals surface area contributed by atoms with Gasteiger partial charge in [-0.1, -0.05) is 20.3 Å². The van der Waals surface area contributed by atoms with Gasteiger partial charge in [0.1, 0.15) is 11.5 Å². The Morgan fingerprint density at radius 3 is 2.56 bits per heavy atom. The summed E-state index contributed by atoms with van der Waals surface area (Å²) in [5, 5.41) is 0. The molecule has 0 amide bonds. The zero-order valence-corrected chi connectivity index (χ0v) is 10.9. The molecule has 1 aromatic heterocycles. The van der Waals surface area contributed by atoms with Crippen molar-refractivity contribution in [1.29, 1.82) is 0 Å². The SMILES string of the molecule is CCC(C)C(CN)N(C)Cc1ccc(C)o1. The lowest BCUT2D eigenvalue weighted by Gasteiger charge is -2.30. The zero-order chi connectivity index (χ0) is 12.1. The summed E-state index contributed by atoms with van der Waals surface area (Å²) >= 11 is 0. The molecular weight excluding hydrogens is 200 g/mol. The molecule has 0 aromatic carbocycles. The number of hydrogen-bond acceptors (Lipinski definition) is 3. The second kappa shape index (κ2) is 6.06. The van der Waals surface area contributed by atoms with Crippen LogP contribution in [0.1, 0.15) is 31.8 Å². The number of furan rings is 1. The summed E-state index contributed by atoms with van der Waals surface area (Å²) in [5.41, 5.74) is 5.84. The molecule has 1 aromatic rings. The van der Waals surface area contributed by atoms with Gasteiger partial charge in [0.05, 0.1) is 6.54 Å². The lowest BCUT2D eigenvalue weighted by atomic mass is 9.98. The molecule has 0 aliphatic heterocycles. The van der Waals surface area contributed by atoms with Crippen molar-refractivity contribution in [2.75, 3.05) is 13.6 Å². The summed E-state index contributed by atoms with van der Waals surface area (Å²) in [6, 6.07) is 4.47. The first-order chi connectivity index (χ1) is 7.58. The highest BCUT2D eigenvalue weighted by atomic mass is 16.3. The molecule has 0 fully saturated rings. The predicted molar refractivity (Wildman–Crippen MR) is 67.2 cm³/mol. The van der Waals surface area contributed by atoms with Gasteiger partial charge in [0.15, 0.2) is 0 Å². The second-order valence-corrected chi connectivity index (χ2v) is 4.62. The first-order valence-corrected chi connectivity index (χ1v) is 6.04. The molecule has 16 heavy (non-hydrogen) atoms. The number of nitrogens with two attached hydrogens (primary N) is 1.